The predicted molar refractivity (Wildman–Crippen MR) is 105 cm³/mol. The summed E-state index contributed by atoms with van der Waals surface area (Å²) in [5, 5.41) is 0. The first-order valence-electron chi connectivity index (χ1n) is 10.6. The van der Waals surface area contributed by atoms with Crippen LogP contribution >= 0.6 is 12.4 Å². The van der Waals surface area contributed by atoms with Gasteiger partial charge in [0.2, 0.25) is 0 Å². The van der Waals surface area contributed by atoms with E-state index in [2.05, 4.69) is 13.8 Å². The first-order chi connectivity index (χ1) is 11.9. The molecule has 3 nitrogen and oxygen atoms in total. The van der Waals surface area contributed by atoms with E-state index in [1.54, 1.807) is 0 Å². The number of ketones is 1. The number of rotatable bonds is 2. The van der Waals surface area contributed by atoms with Gasteiger partial charge < -0.3 is 10.5 Å². The van der Waals surface area contributed by atoms with Gasteiger partial charge in [0, 0.05) is 6.42 Å². The molecule has 2 N–H and O–H groups in total. The topological polar surface area (TPSA) is 52.3 Å². The van der Waals surface area contributed by atoms with Crippen LogP contribution in [0, 0.1) is 28.6 Å². The molecule has 0 amide bonds. The molecule has 4 saturated carbocycles. The van der Waals surface area contributed by atoms with Gasteiger partial charge in [-0.25, -0.2) is 0 Å². The van der Waals surface area contributed by atoms with E-state index in [0.29, 0.717) is 29.7 Å². The molecule has 5 aliphatic rings. The van der Waals surface area contributed by atoms with Gasteiger partial charge in [-0.05, 0) is 91.9 Å². The zero-order chi connectivity index (χ0) is 17.4. The van der Waals surface area contributed by atoms with E-state index in [4.69, 9.17) is 10.5 Å². The minimum absolute atomic E-state index is 0. The van der Waals surface area contributed by atoms with Crippen molar-refractivity contribution in [3.05, 3.63) is 11.3 Å². The van der Waals surface area contributed by atoms with E-state index < -0.39 is 0 Å². The Morgan fingerprint density at radius 1 is 0.962 bits per heavy atom. The van der Waals surface area contributed by atoms with Gasteiger partial charge in [0.1, 0.15) is 0 Å². The lowest BCUT2D eigenvalue weighted by Crippen LogP contribution is -2.52. The molecular formula is C22H34ClNO2. The fourth-order valence-electron chi connectivity index (χ4n) is 7.37. The lowest BCUT2D eigenvalue weighted by molar-refractivity contribution is -0.120. The summed E-state index contributed by atoms with van der Waals surface area (Å²) in [5.41, 5.74) is 8.77. The molecule has 4 fully saturated rings. The van der Waals surface area contributed by atoms with Crippen LogP contribution in [0.15, 0.2) is 11.3 Å². The smallest absolute Gasteiger partial charge is 0.178 e. The van der Waals surface area contributed by atoms with E-state index in [0.717, 1.165) is 30.6 Å². The molecule has 0 radical (unpaired) electrons. The van der Waals surface area contributed by atoms with Crippen molar-refractivity contribution in [2.75, 3.05) is 0 Å². The minimum Gasteiger partial charge on any atom is -0.396 e. The zero-order valence-electron chi connectivity index (χ0n) is 16.3. The molecule has 0 spiro atoms. The van der Waals surface area contributed by atoms with E-state index in [1.165, 1.54) is 50.5 Å². The summed E-state index contributed by atoms with van der Waals surface area (Å²) in [7, 11) is 0. The highest BCUT2D eigenvalue weighted by atomic mass is 35.5. The summed E-state index contributed by atoms with van der Waals surface area (Å²) in [5.74, 6) is 2.54. The lowest BCUT2D eigenvalue weighted by atomic mass is 9.47. The fraction of sp³-hybridized carbons (Fsp3) is 0.864. The molecule has 4 heteroatoms. The van der Waals surface area contributed by atoms with Crippen LogP contribution in [0.2, 0.25) is 0 Å². The molecule has 0 aromatic carbocycles. The van der Waals surface area contributed by atoms with Crippen LogP contribution < -0.4 is 5.73 Å². The van der Waals surface area contributed by atoms with Gasteiger partial charge in [0.15, 0.2) is 5.78 Å². The predicted octanol–water partition coefficient (Wildman–Crippen LogP) is 4.77. The van der Waals surface area contributed by atoms with Gasteiger partial charge in [-0.3, -0.25) is 4.79 Å². The highest BCUT2D eigenvalue weighted by Crippen LogP contribution is 2.66. The summed E-state index contributed by atoms with van der Waals surface area (Å²) in [6.07, 6.45) is 12.8. The molecule has 5 rings (SSSR count). The third kappa shape index (κ3) is 2.53. The van der Waals surface area contributed by atoms with Crippen molar-refractivity contribution >= 4 is 18.2 Å². The summed E-state index contributed by atoms with van der Waals surface area (Å²) in [4.78, 5) is 12.1. The van der Waals surface area contributed by atoms with Gasteiger partial charge in [-0.2, -0.15) is 0 Å². The maximum atomic E-state index is 12.1. The Morgan fingerprint density at radius 3 is 2.46 bits per heavy atom. The Hall–Kier alpha value is -0.540. The maximum Gasteiger partial charge on any atom is 0.178 e. The Balaban J connectivity index is 0.00000168. The van der Waals surface area contributed by atoms with Crippen molar-refractivity contribution in [3.63, 3.8) is 0 Å². The second-order valence-corrected chi connectivity index (χ2v) is 10.1. The average molecular weight is 380 g/mol. The zero-order valence-corrected chi connectivity index (χ0v) is 17.1. The molecule has 0 saturated heterocycles. The number of hydrogen-bond donors (Lipinski definition) is 1. The number of allylic oxidation sites excluding steroid dienone is 1. The number of Topliss-reactive ketones (excluding diaryl/α,β-unsaturated/α-hetero) is 1. The van der Waals surface area contributed by atoms with Crippen molar-refractivity contribution in [3.8, 4) is 0 Å². The van der Waals surface area contributed by atoms with Crippen LogP contribution in [0.1, 0.15) is 78.1 Å². The largest absolute Gasteiger partial charge is 0.396 e. The van der Waals surface area contributed by atoms with E-state index >= 15 is 0 Å². The van der Waals surface area contributed by atoms with Crippen molar-refractivity contribution < 1.29 is 9.53 Å². The standard InChI is InChI=1S/C22H33NO2.ClH/c1-21-12-10-18(24)20(23)17(21)6-5-14-15-7-8-19(25-13-3-4-13)22(15,2)11-9-16(14)21;/h13-16,19H,3-12,23H2,1-2H3;1H/t14-,15-,16+,19?,21+,22-;/m0./s1. The van der Waals surface area contributed by atoms with Gasteiger partial charge in [-0.15, -0.1) is 12.4 Å². The van der Waals surface area contributed by atoms with Crippen molar-refractivity contribution in [1.29, 1.82) is 0 Å². The molecular weight excluding hydrogens is 346 g/mol. The molecule has 0 aromatic heterocycles. The first-order valence-corrected chi connectivity index (χ1v) is 10.6. The van der Waals surface area contributed by atoms with E-state index in [-0.39, 0.29) is 23.6 Å². The van der Waals surface area contributed by atoms with Gasteiger partial charge >= 0.3 is 0 Å². The molecule has 0 aliphatic heterocycles. The van der Waals surface area contributed by atoms with Crippen LogP contribution in [0.5, 0.6) is 0 Å². The van der Waals surface area contributed by atoms with Crippen LogP contribution in [-0.4, -0.2) is 18.0 Å². The van der Waals surface area contributed by atoms with Gasteiger partial charge in [0.05, 0.1) is 17.9 Å². The Morgan fingerprint density at radius 2 is 1.73 bits per heavy atom. The average Bonchev–Trinajstić information content (AvgIpc) is 3.34. The summed E-state index contributed by atoms with van der Waals surface area (Å²) >= 11 is 0. The molecule has 26 heavy (non-hydrogen) atoms. The van der Waals surface area contributed by atoms with Crippen molar-refractivity contribution in [2.45, 2.75) is 90.3 Å². The van der Waals surface area contributed by atoms with E-state index in [9.17, 15) is 4.79 Å². The quantitative estimate of drug-likeness (QED) is 0.751. The first kappa shape index (κ1) is 18.8. The number of hydrogen-bond acceptors (Lipinski definition) is 3. The fourth-order valence-corrected chi connectivity index (χ4v) is 7.37. The number of halogens is 1. The molecule has 1 unspecified atom stereocenters. The number of carbonyl (C=O) groups is 1. The third-order valence-corrected chi connectivity index (χ3v) is 8.96. The monoisotopic (exact) mass is 379 g/mol. The number of nitrogens with two attached hydrogens (primary N) is 1. The van der Waals surface area contributed by atoms with E-state index in [1.807, 2.05) is 0 Å². The minimum atomic E-state index is 0. The Bertz CT molecular complexity index is 642. The molecule has 146 valence electrons. The lowest BCUT2D eigenvalue weighted by Gasteiger charge is -2.58. The van der Waals surface area contributed by atoms with Crippen LogP contribution in [-0.2, 0) is 9.53 Å². The van der Waals surface area contributed by atoms with Crippen molar-refractivity contribution in [2.24, 2.45) is 34.3 Å². The molecule has 6 atom stereocenters. The summed E-state index contributed by atoms with van der Waals surface area (Å²) < 4.78 is 6.46. The molecule has 0 heterocycles. The molecule has 0 bridgehead atoms. The third-order valence-electron chi connectivity index (χ3n) is 8.96. The summed E-state index contributed by atoms with van der Waals surface area (Å²) in [6.45, 7) is 4.95. The molecule has 0 aromatic rings. The van der Waals surface area contributed by atoms with Crippen LogP contribution in [0.3, 0.4) is 0 Å². The second-order valence-electron chi connectivity index (χ2n) is 10.1. The Labute approximate surface area is 163 Å². The second kappa shape index (κ2) is 6.24. The van der Waals surface area contributed by atoms with Crippen LogP contribution in [0.25, 0.3) is 0 Å². The summed E-state index contributed by atoms with van der Waals surface area (Å²) in [6, 6.07) is 0. The SMILES string of the molecule is C[C@]12CCC(=O)C(N)=C1CC[C@@H]1[C@H]2CC[C@]2(C)C(OC3CC3)CC[C@@H]12.Cl. The highest BCUT2D eigenvalue weighted by molar-refractivity contribution is 5.96. The number of ether oxygens (including phenoxy) is 1. The number of carbonyl (C=O) groups excluding carboxylic acids is 1. The highest BCUT2D eigenvalue weighted by Gasteiger charge is 2.60. The van der Waals surface area contributed by atoms with Gasteiger partial charge in [-0.1, -0.05) is 13.8 Å². The maximum absolute atomic E-state index is 12.1. The normalized spacial score (nSPS) is 47.7. The van der Waals surface area contributed by atoms with Crippen molar-refractivity contribution in [1.82, 2.24) is 0 Å². The van der Waals surface area contributed by atoms with Crippen LogP contribution in [0.4, 0.5) is 0 Å². The van der Waals surface area contributed by atoms with Gasteiger partial charge in [0.25, 0.3) is 0 Å². The Kier molecular flexibility index (Phi) is 4.51. The number of fused-ring (bicyclic) bond motifs is 5. The molecule has 5 aliphatic carbocycles.